The van der Waals surface area contributed by atoms with E-state index >= 15 is 0 Å². The highest BCUT2D eigenvalue weighted by Gasteiger charge is 2.07. The third-order valence-corrected chi connectivity index (χ3v) is 2.81. The molecule has 98 valence electrons. The highest BCUT2D eigenvalue weighted by atomic mass is 16.5. The molecule has 0 aliphatic rings. The number of carbonyl (C=O) groups is 1. The van der Waals surface area contributed by atoms with Gasteiger partial charge in [0.15, 0.2) is 0 Å². The zero-order valence-corrected chi connectivity index (χ0v) is 11.1. The standard InChI is InChI=1S/C14H20N2O2/c1-4-12(14(17)18-3)7-10-16-11(2)13-5-8-15-9-6-13/h5-9,11,16H,4,10H2,1-3H3/b12-7-/t11-/m0/s1. The van der Waals surface area contributed by atoms with Crippen LogP contribution >= 0.6 is 0 Å². The number of rotatable bonds is 6. The van der Waals surface area contributed by atoms with Crippen LogP contribution in [0.15, 0.2) is 36.2 Å². The summed E-state index contributed by atoms with van der Waals surface area (Å²) in [6, 6.07) is 4.17. The third kappa shape index (κ3) is 4.30. The van der Waals surface area contributed by atoms with Crippen LogP contribution in [-0.2, 0) is 9.53 Å². The van der Waals surface area contributed by atoms with E-state index in [2.05, 4.69) is 17.2 Å². The van der Waals surface area contributed by atoms with Crippen molar-refractivity contribution in [2.24, 2.45) is 0 Å². The van der Waals surface area contributed by atoms with Crippen LogP contribution in [0.3, 0.4) is 0 Å². The van der Waals surface area contributed by atoms with Crippen LogP contribution in [0.4, 0.5) is 0 Å². The molecule has 0 spiro atoms. The lowest BCUT2D eigenvalue weighted by Gasteiger charge is -2.12. The lowest BCUT2D eigenvalue weighted by Crippen LogP contribution is -2.19. The number of nitrogens with zero attached hydrogens (tertiary/aromatic N) is 1. The number of hydrogen-bond acceptors (Lipinski definition) is 4. The van der Waals surface area contributed by atoms with Gasteiger partial charge in [-0.2, -0.15) is 0 Å². The van der Waals surface area contributed by atoms with E-state index in [0.717, 1.165) is 0 Å². The predicted molar refractivity (Wildman–Crippen MR) is 71.0 cm³/mol. The first-order valence-corrected chi connectivity index (χ1v) is 6.09. The summed E-state index contributed by atoms with van der Waals surface area (Å²) >= 11 is 0. The fraction of sp³-hybridized carbons (Fsp3) is 0.429. The zero-order chi connectivity index (χ0) is 13.4. The smallest absolute Gasteiger partial charge is 0.333 e. The van der Waals surface area contributed by atoms with Crippen molar-refractivity contribution in [3.05, 3.63) is 41.7 Å². The Morgan fingerprint density at radius 2 is 2.17 bits per heavy atom. The zero-order valence-electron chi connectivity index (χ0n) is 11.1. The summed E-state index contributed by atoms with van der Waals surface area (Å²) in [5, 5.41) is 3.33. The molecule has 0 aromatic carbocycles. The third-order valence-electron chi connectivity index (χ3n) is 2.81. The SMILES string of the molecule is CC/C(=C/CN[C@@H](C)c1ccncc1)C(=O)OC. The normalized spacial score (nSPS) is 13.2. The molecule has 0 saturated heterocycles. The number of nitrogens with one attached hydrogen (secondary N) is 1. The van der Waals surface area contributed by atoms with Crippen molar-refractivity contribution >= 4 is 5.97 Å². The largest absolute Gasteiger partial charge is 0.466 e. The Balaban J connectivity index is 2.50. The highest BCUT2D eigenvalue weighted by molar-refractivity contribution is 5.88. The molecule has 0 saturated carbocycles. The van der Waals surface area contributed by atoms with Crippen molar-refractivity contribution in [1.82, 2.24) is 10.3 Å². The fourth-order valence-corrected chi connectivity index (χ4v) is 1.63. The van der Waals surface area contributed by atoms with E-state index in [-0.39, 0.29) is 12.0 Å². The molecule has 1 aromatic heterocycles. The lowest BCUT2D eigenvalue weighted by atomic mass is 10.1. The number of esters is 1. The molecule has 18 heavy (non-hydrogen) atoms. The van der Waals surface area contributed by atoms with Gasteiger partial charge in [0, 0.05) is 30.6 Å². The van der Waals surface area contributed by atoms with Crippen LogP contribution in [0.25, 0.3) is 0 Å². The number of aromatic nitrogens is 1. The molecule has 1 aromatic rings. The first kappa shape index (κ1) is 14.4. The number of carbonyl (C=O) groups excluding carboxylic acids is 1. The summed E-state index contributed by atoms with van der Waals surface area (Å²) in [6.07, 6.45) is 6.10. The van der Waals surface area contributed by atoms with E-state index in [1.807, 2.05) is 25.1 Å². The average molecular weight is 248 g/mol. The predicted octanol–water partition coefficient (Wildman–Crippen LogP) is 2.24. The molecular weight excluding hydrogens is 228 g/mol. The van der Waals surface area contributed by atoms with Crippen LogP contribution in [0, 0.1) is 0 Å². The van der Waals surface area contributed by atoms with Gasteiger partial charge < -0.3 is 10.1 Å². The number of methoxy groups -OCH3 is 1. The number of ether oxygens (including phenoxy) is 1. The average Bonchev–Trinajstić information content (AvgIpc) is 2.43. The first-order valence-electron chi connectivity index (χ1n) is 6.09. The monoisotopic (exact) mass is 248 g/mol. The summed E-state index contributed by atoms with van der Waals surface area (Å²) < 4.78 is 4.70. The molecule has 0 unspecified atom stereocenters. The summed E-state index contributed by atoms with van der Waals surface area (Å²) in [4.78, 5) is 15.3. The second kappa shape index (κ2) is 7.61. The molecule has 0 bridgehead atoms. The van der Waals surface area contributed by atoms with Gasteiger partial charge >= 0.3 is 5.97 Å². The molecule has 4 heteroatoms. The van der Waals surface area contributed by atoms with Crippen LogP contribution < -0.4 is 5.32 Å². The first-order chi connectivity index (χ1) is 8.69. The maximum atomic E-state index is 11.4. The Hall–Kier alpha value is -1.68. The number of hydrogen-bond donors (Lipinski definition) is 1. The molecular formula is C14H20N2O2. The molecule has 0 amide bonds. The molecule has 1 N–H and O–H groups in total. The Morgan fingerprint density at radius 3 is 2.72 bits per heavy atom. The van der Waals surface area contributed by atoms with E-state index in [1.165, 1.54) is 12.7 Å². The molecule has 1 atom stereocenters. The Bertz CT molecular complexity index is 402. The Kier molecular flexibility index (Phi) is 6.08. The van der Waals surface area contributed by atoms with Gasteiger partial charge in [-0.25, -0.2) is 4.79 Å². The van der Waals surface area contributed by atoms with Gasteiger partial charge in [0.05, 0.1) is 7.11 Å². The minimum atomic E-state index is -0.254. The molecule has 1 rings (SSSR count). The minimum absolute atomic E-state index is 0.222. The Labute approximate surface area is 108 Å². The second-order valence-electron chi connectivity index (χ2n) is 3.98. The van der Waals surface area contributed by atoms with Gasteiger partial charge in [0.25, 0.3) is 0 Å². The molecule has 4 nitrogen and oxygen atoms in total. The van der Waals surface area contributed by atoms with Gasteiger partial charge in [0.2, 0.25) is 0 Å². The van der Waals surface area contributed by atoms with Crippen molar-refractivity contribution in [2.45, 2.75) is 26.3 Å². The highest BCUT2D eigenvalue weighted by Crippen LogP contribution is 2.10. The van der Waals surface area contributed by atoms with Crippen LogP contribution in [0.1, 0.15) is 31.9 Å². The summed E-state index contributed by atoms with van der Waals surface area (Å²) in [7, 11) is 1.40. The van der Waals surface area contributed by atoms with Crippen LogP contribution in [0.2, 0.25) is 0 Å². The summed E-state index contributed by atoms with van der Waals surface area (Å²) in [5.41, 5.74) is 1.88. The fourth-order valence-electron chi connectivity index (χ4n) is 1.63. The maximum Gasteiger partial charge on any atom is 0.333 e. The van der Waals surface area contributed by atoms with Crippen molar-refractivity contribution < 1.29 is 9.53 Å². The van der Waals surface area contributed by atoms with E-state index in [4.69, 9.17) is 4.74 Å². The maximum absolute atomic E-state index is 11.4. The van der Waals surface area contributed by atoms with Crippen molar-refractivity contribution in [3.8, 4) is 0 Å². The van der Waals surface area contributed by atoms with E-state index in [0.29, 0.717) is 18.5 Å². The lowest BCUT2D eigenvalue weighted by molar-refractivity contribution is -0.136. The molecule has 0 radical (unpaired) electrons. The molecule has 0 aliphatic carbocycles. The van der Waals surface area contributed by atoms with Crippen molar-refractivity contribution in [2.75, 3.05) is 13.7 Å². The molecule has 0 fully saturated rings. The Morgan fingerprint density at radius 1 is 1.50 bits per heavy atom. The quantitative estimate of drug-likeness (QED) is 0.619. The van der Waals surface area contributed by atoms with Gasteiger partial charge in [-0.15, -0.1) is 0 Å². The minimum Gasteiger partial charge on any atom is -0.466 e. The van der Waals surface area contributed by atoms with Crippen molar-refractivity contribution in [3.63, 3.8) is 0 Å². The van der Waals surface area contributed by atoms with Gasteiger partial charge in [0.1, 0.15) is 0 Å². The van der Waals surface area contributed by atoms with E-state index in [1.54, 1.807) is 12.4 Å². The van der Waals surface area contributed by atoms with E-state index in [9.17, 15) is 4.79 Å². The van der Waals surface area contributed by atoms with Crippen LogP contribution in [-0.4, -0.2) is 24.6 Å². The number of pyridine rings is 1. The van der Waals surface area contributed by atoms with Gasteiger partial charge in [-0.05, 0) is 31.0 Å². The van der Waals surface area contributed by atoms with E-state index < -0.39 is 0 Å². The second-order valence-corrected chi connectivity index (χ2v) is 3.98. The van der Waals surface area contributed by atoms with Gasteiger partial charge in [-0.3, -0.25) is 4.98 Å². The van der Waals surface area contributed by atoms with Gasteiger partial charge in [-0.1, -0.05) is 13.0 Å². The summed E-state index contributed by atoms with van der Waals surface area (Å²) in [6.45, 7) is 4.66. The molecule has 1 heterocycles. The van der Waals surface area contributed by atoms with Crippen molar-refractivity contribution in [1.29, 1.82) is 0 Å². The molecule has 0 aliphatic heterocycles. The summed E-state index contributed by atoms with van der Waals surface area (Å²) in [5.74, 6) is -0.254. The topological polar surface area (TPSA) is 51.2 Å². The van der Waals surface area contributed by atoms with Crippen LogP contribution in [0.5, 0.6) is 0 Å².